The second-order valence-corrected chi connectivity index (χ2v) is 7.64. The molecular formula is C26H21N5O2. The van der Waals surface area contributed by atoms with Crippen LogP contribution in [-0.4, -0.2) is 25.4 Å². The van der Waals surface area contributed by atoms with Crippen molar-refractivity contribution in [2.24, 2.45) is 0 Å². The van der Waals surface area contributed by atoms with Crippen molar-refractivity contribution in [1.29, 1.82) is 0 Å². The van der Waals surface area contributed by atoms with Crippen molar-refractivity contribution >= 4 is 22.4 Å². The monoisotopic (exact) mass is 435 g/mol. The van der Waals surface area contributed by atoms with Crippen molar-refractivity contribution in [3.8, 4) is 17.4 Å². The number of hydrogen-bond acceptors (Lipinski definition) is 5. The first-order chi connectivity index (χ1) is 16.1. The molecule has 0 bridgehead atoms. The van der Waals surface area contributed by atoms with Gasteiger partial charge in [0.1, 0.15) is 24.2 Å². The third-order valence-electron chi connectivity index (χ3n) is 5.47. The lowest BCUT2D eigenvalue weighted by atomic mass is 10.1. The molecule has 0 spiro atoms. The van der Waals surface area contributed by atoms with E-state index in [4.69, 9.17) is 4.74 Å². The molecule has 0 saturated heterocycles. The van der Waals surface area contributed by atoms with E-state index < -0.39 is 0 Å². The third-order valence-corrected chi connectivity index (χ3v) is 5.47. The van der Waals surface area contributed by atoms with Crippen LogP contribution >= 0.6 is 0 Å². The van der Waals surface area contributed by atoms with E-state index in [0.717, 1.165) is 22.2 Å². The molecular weight excluding hydrogens is 414 g/mol. The van der Waals surface area contributed by atoms with Gasteiger partial charge in [-0.2, -0.15) is 0 Å². The van der Waals surface area contributed by atoms with Gasteiger partial charge in [-0.1, -0.05) is 30.3 Å². The molecule has 0 unspecified atom stereocenters. The van der Waals surface area contributed by atoms with Gasteiger partial charge in [-0.15, -0.1) is 0 Å². The molecule has 0 atom stereocenters. The van der Waals surface area contributed by atoms with Crippen molar-refractivity contribution in [3.63, 3.8) is 0 Å². The number of hydrogen-bond donors (Lipinski definition) is 1. The van der Waals surface area contributed by atoms with Gasteiger partial charge in [-0.3, -0.25) is 9.36 Å². The summed E-state index contributed by atoms with van der Waals surface area (Å²) in [6, 6.07) is 22.5. The molecule has 0 saturated carbocycles. The van der Waals surface area contributed by atoms with E-state index in [-0.39, 0.29) is 5.91 Å². The van der Waals surface area contributed by atoms with Crippen LogP contribution in [0.4, 0.5) is 5.69 Å². The maximum atomic E-state index is 12.7. The number of carbonyl (C=O) groups is 1. The Morgan fingerprint density at radius 2 is 1.67 bits per heavy atom. The van der Waals surface area contributed by atoms with E-state index in [1.807, 2.05) is 60.9 Å². The van der Waals surface area contributed by atoms with Crippen molar-refractivity contribution in [1.82, 2.24) is 19.5 Å². The molecule has 1 N–H and O–H groups in total. The highest BCUT2D eigenvalue weighted by molar-refractivity contribution is 6.06. The fraction of sp³-hybridized carbons (Fsp3) is 0.0769. The Hall–Kier alpha value is -4.52. The van der Waals surface area contributed by atoms with Crippen LogP contribution in [0.5, 0.6) is 11.6 Å². The summed E-state index contributed by atoms with van der Waals surface area (Å²) in [6.07, 6.45) is 3.18. The van der Waals surface area contributed by atoms with E-state index >= 15 is 0 Å². The highest BCUT2D eigenvalue weighted by atomic mass is 16.5. The molecule has 3 aromatic carbocycles. The number of imidazole rings is 1. The van der Waals surface area contributed by atoms with Crippen molar-refractivity contribution < 1.29 is 9.53 Å². The summed E-state index contributed by atoms with van der Waals surface area (Å²) < 4.78 is 7.77. The molecule has 0 radical (unpaired) electrons. The topological polar surface area (TPSA) is 81.9 Å². The van der Waals surface area contributed by atoms with Gasteiger partial charge >= 0.3 is 0 Å². The molecule has 1 amide bonds. The molecule has 5 aromatic rings. The van der Waals surface area contributed by atoms with E-state index in [1.165, 1.54) is 6.33 Å². The molecule has 2 heterocycles. The summed E-state index contributed by atoms with van der Waals surface area (Å²) in [5.74, 6) is 1.53. The van der Waals surface area contributed by atoms with Crippen LogP contribution in [0.25, 0.3) is 16.6 Å². The zero-order valence-electron chi connectivity index (χ0n) is 18.2. The van der Waals surface area contributed by atoms with Gasteiger partial charge in [-0.05, 0) is 61.0 Å². The van der Waals surface area contributed by atoms with Crippen LogP contribution in [0, 0.1) is 13.8 Å². The van der Waals surface area contributed by atoms with E-state index in [1.54, 1.807) is 36.7 Å². The quantitative estimate of drug-likeness (QED) is 0.395. The van der Waals surface area contributed by atoms with Gasteiger partial charge in [0.05, 0.1) is 5.69 Å². The Morgan fingerprint density at radius 3 is 2.42 bits per heavy atom. The summed E-state index contributed by atoms with van der Waals surface area (Å²) >= 11 is 0. The normalized spacial score (nSPS) is 10.8. The summed E-state index contributed by atoms with van der Waals surface area (Å²) in [7, 11) is 0. The number of fused-ring (bicyclic) bond motifs is 1. The maximum absolute atomic E-state index is 12.7. The lowest BCUT2D eigenvalue weighted by Gasteiger charge is -2.09. The predicted molar refractivity (Wildman–Crippen MR) is 127 cm³/mol. The first kappa shape index (κ1) is 20.4. The molecule has 0 aliphatic heterocycles. The SMILES string of the molecule is Cc1ncn(-c2cc(Oc3ccc(NC(=O)c4ccc5ccccc5c4)cc3)ncn2)c1C. The number of nitrogens with zero attached hydrogens (tertiary/aromatic N) is 4. The summed E-state index contributed by atoms with van der Waals surface area (Å²) in [5.41, 5.74) is 3.23. The number of aromatic nitrogens is 4. The Balaban J connectivity index is 1.28. The number of ether oxygens (including phenoxy) is 1. The summed E-state index contributed by atoms with van der Waals surface area (Å²) in [6.45, 7) is 3.93. The van der Waals surface area contributed by atoms with Crippen molar-refractivity contribution in [2.75, 3.05) is 5.32 Å². The molecule has 5 rings (SSSR count). The van der Waals surface area contributed by atoms with Crippen molar-refractivity contribution in [2.45, 2.75) is 13.8 Å². The van der Waals surface area contributed by atoms with Gasteiger partial charge in [0, 0.05) is 23.0 Å². The van der Waals surface area contributed by atoms with Gasteiger partial charge in [0.15, 0.2) is 0 Å². The molecule has 33 heavy (non-hydrogen) atoms. The minimum Gasteiger partial charge on any atom is -0.439 e. The highest BCUT2D eigenvalue weighted by Gasteiger charge is 2.10. The zero-order chi connectivity index (χ0) is 22.8. The number of carbonyl (C=O) groups excluding carboxylic acids is 1. The van der Waals surface area contributed by atoms with Gasteiger partial charge in [-0.25, -0.2) is 15.0 Å². The minimum absolute atomic E-state index is 0.166. The standard InChI is InChI=1S/C26H21N5O2/c1-17-18(2)31(16-29-17)24-14-25(28-15-27-24)33-23-11-9-22(10-12-23)30-26(32)21-8-7-19-5-3-4-6-20(19)13-21/h3-16H,1-2H3,(H,30,32). The first-order valence-electron chi connectivity index (χ1n) is 10.5. The first-order valence-corrected chi connectivity index (χ1v) is 10.5. The van der Waals surface area contributed by atoms with E-state index in [2.05, 4.69) is 20.3 Å². The highest BCUT2D eigenvalue weighted by Crippen LogP contribution is 2.24. The predicted octanol–water partition coefficient (Wildman–Crippen LogP) is 5.48. The number of nitrogens with one attached hydrogen (secondary N) is 1. The zero-order valence-corrected chi connectivity index (χ0v) is 18.2. The largest absolute Gasteiger partial charge is 0.439 e. The number of amides is 1. The Kier molecular flexibility index (Phi) is 5.28. The maximum Gasteiger partial charge on any atom is 0.255 e. The smallest absolute Gasteiger partial charge is 0.255 e. The molecule has 0 fully saturated rings. The summed E-state index contributed by atoms with van der Waals surface area (Å²) in [5, 5.41) is 5.05. The number of aryl methyl sites for hydroxylation is 1. The molecule has 0 aliphatic carbocycles. The Morgan fingerprint density at radius 1 is 0.879 bits per heavy atom. The second-order valence-electron chi connectivity index (χ2n) is 7.64. The number of rotatable bonds is 5. The Labute approximate surface area is 190 Å². The molecule has 2 aromatic heterocycles. The summed E-state index contributed by atoms with van der Waals surface area (Å²) in [4.78, 5) is 25.5. The van der Waals surface area contributed by atoms with Crippen LogP contribution < -0.4 is 10.1 Å². The molecule has 7 heteroatoms. The fourth-order valence-electron chi connectivity index (χ4n) is 3.51. The lowest BCUT2D eigenvalue weighted by molar-refractivity contribution is 0.102. The lowest BCUT2D eigenvalue weighted by Crippen LogP contribution is -2.11. The second kappa shape index (κ2) is 8.55. The third kappa shape index (κ3) is 4.29. The average molecular weight is 435 g/mol. The number of anilines is 1. The van der Waals surface area contributed by atoms with Crippen LogP contribution in [-0.2, 0) is 0 Å². The van der Waals surface area contributed by atoms with Crippen LogP contribution in [0.2, 0.25) is 0 Å². The molecule has 7 nitrogen and oxygen atoms in total. The average Bonchev–Trinajstić information content (AvgIpc) is 3.18. The fourth-order valence-corrected chi connectivity index (χ4v) is 3.51. The van der Waals surface area contributed by atoms with Crippen molar-refractivity contribution in [3.05, 3.63) is 102 Å². The molecule has 0 aliphatic rings. The van der Waals surface area contributed by atoms with Gasteiger partial charge in [0.2, 0.25) is 5.88 Å². The molecule has 162 valence electrons. The van der Waals surface area contributed by atoms with Crippen LogP contribution in [0.3, 0.4) is 0 Å². The van der Waals surface area contributed by atoms with Gasteiger partial charge < -0.3 is 10.1 Å². The van der Waals surface area contributed by atoms with E-state index in [0.29, 0.717) is 28.7 Å². The van der Waals surface area contributed by atoms with Gasteiger partial charge in [0.25, 0.3) is 5.91 Å². The van der Waals surface area contributed by atoms with Crippen LogP contribution in [0.15, 0.2) is 85.5 Å². The Bertz CT molecular complexity index is 1460. The number of benzene rings is 3. The van der Waals surface area contributed by atoms with Crippen LogP contribution in [0.1, 0.15) is 21.7 Å². The minimum atomic E-state index is -0.166. The van der Waals surface area contributed by atoms with E-state index in [9.17, 15) is 4.79 Å².